The second-order valence-corrected chi connectivity index (χ2v) is 10.7. The Morgan fingerprint density at radius 2 is 1.87 bits per heavy atom. The molecule has 4 nitrogen and oxygen atoms in total. The standard InChI is InChI=1S/C20H18FNO2S.C4H11NS/c1-13(23)10-18(15-11-14(2)25-12-15)19-4-3-5-20(22-19)24-17-8-6-16(21)7-9-17;1-4(2,3)6-5/h3-9,11-12,18H,10H2,1-2H3;5H2,1-3H3. The molecule has 31 heavy (non-hydrogen) atoms. The van der Waals surface area contributed by atoms with Crippen LogP contribution >= 0.6 is 23.3 Å². The van der Waals surface area contributed by atoms with Gasteiger partial charge in [-0.15, -0.1) is 11.3 Å². The van der Waals surface area contributed by atoms with Crippen molar-refractivity contribution >= 4 is 29.1 Å². The number of aromatic nitrogens is 1. The molecular weight excluding hydrogens is 431 g/mol. The number of halogens is 1. The highest BCUT2D eigenvalue weighted by molar-refractivity contribution is 7.98. The van der Waals surface area contributed by atoms with Gasteiger partial charge >= 0.3 is 0 Å². The lowest BCUT2D eigenvalue weighted by Gasteiger charge is -2.15. The molecular formula is C24H29FN2O2S2. The first kappa shape index (κ1) is 25.0. The number of hydrogen-bond acceptors (Lipinski definition) is 6. The van der Waals surface area contributed by atoms with Crippen LogP contribution in [0.2, 0.25) is 0 Å². The van der Waals surface area contributed by atoms with Crippen LogP contribution in [0.3, 0.4) is 0 Å². The second-order valence-electron chi connectivity index (χ2n) is 8.14. The highest BCUT2D eigenvalue weighted by Crippen LogP contribution is 2.32. The van der Waals surface area contributed by atoms with E-state index in [2.05, 4.69) is 37.2 Å². The number of benzene rings is 1. The number of pyridine rings is 1. The summed E-state index contributed by atoms with van der Waals surface area (Å²) in [6, 6.07) is 13.4. The molecule has 2 N–H and O–H groups in total. The second kappa shape index (κ2) is 11.4. The number of thiophene rings is 1. The summed E-state index contributed by atoms with van der Waals surface area (Å²) in [6.45, 7) is 9.87. The third kappa shape index (κ3) is 8.81. The summed E-state index contributed by atoms with van der Waals surface area (Å²) >= 11 is 3.04. The Bertz CT molecular complexity index is 982. The maximum atomic E-state index is 13.0. The molecule has 0 fully saturated rings. The first-order valence-corrected chi connectivity index (χ1v) is 11.7. The van der Waals surface area contributed by atoms with Crippen LogP contribution in [0.15, 0.2) is 53.9 Å². The number of ether oxygens (including phenoxy) is 1. The minimum absolute atomic E-state index is 0.0979. The van der Waals surface area contributed by atoms with E-state index in [1.54, 1.807) is 36.5 Å². The lowest BCUT2D eigenvalue weighted by atomic mass is 9.92. The average molecular weight is 461 g/mol. The minimum Gasteiger partial charge on any atom is -0.439 e. The summed E-state index contributed by atoms with van der Waals surface area (Å²) < 4.78 is 19.0. The van der Waals surface area contributed by atoms with Gasteiger partial charge in [0, 0.05) is 28.0 Å². The predicted octanol–water partition coefficient (Wildman–Crippen LogP) is 6.89. The molecule has 0 radical (unpaired) electrons. The van der Waals surface area contributed by atoms with Gasteiger partial charge in [0.2, 0.25) is 5.88 Å². The maximum Gasteiger partial charge on any atom is 0.219 e. The van der Waals surface area contributed by atoms with Crippen LogP contribution in [0.1, 0.15) is 56.2 Å². The monoisotopic (exact) mass is 460 g/mol. The molecule has 0 aliphatic rings. The summed E-state index contributed by atoms with van der Waals surface area (Å²) in [5, 5.41) is 7.29. The average Bonchev–Trinajstić information content (AvgIpc) is 3.14. The van der Waals surface area contributed by atoms with Gasteiger partial charge in [0.05, 0.1) is 5.69 Å². The number of carbonyl (C=O) groups excluding carboxylic acids is 1. The Morgan fingerprint density at radius 1 is 1.23 bits per heavy atom. The number of ketones is 1. The van der Waals surface area contributed by atoms with Gasteiger partial charge in [-0.3, -0.25) is 9.93 Å². The zero-order valence-corrected chi connectivity index (χ0v) is 20.1. The molecule has 1 aromatic carbocycles. The van der Waals surface area contributed by atoms with E-state index in [0.717, 1.165) is 11.3 Å². The SMILES string of the molecule is CC(=O)CC(c1csc(C)c1)c1cccc(Oc2ccc(F)cc2)n1.CC(C)(C)SN. The highest BCUT2D eigenvalue weighted by atomic mass is 32.2. The Hall–Kier alpha value is -2.22. The number of nitrogens with zero attached hydrogens (tertiary/aromatic N) is 1. The van der Waals surface area contributed by atoms with Gasteiger partial charge in [0.25, 0.3) is 0 Å². The fraction of sp³-hybridized carbons (Fsp3) is 0.333. The van der Waals surface area contributed by atoms with Crippen molar-refractivity contribution in [2.75, 3.05) is 0 Å². The lowest BCUT2D eigenvalue weighted by Crippen LogP contribution is -2.09. The highest BCUT2D eigenvalue weighted by Gasteiger charge is 2.19. The van der Waals surface area contributed by atoms with Gasteiger partial charge < -0.3 is 4.74 Å². The van der Waals surface area contributed by atoms with Crippen molar-refractivity contribution in [3.63, 3.8) is 0 Å². The van der Waals surface area contributed by atoms with Crippen molar-refractivity contribution in [3.05, 3.63) is 75.9 Å². The van der Waals surface area contributed by atoms with E-state index >= 15 is 0 Å². The van der Waals surface area contributed by atoms with E-state index in [1.165, 1.54) is 29.0 Å². The zero-order chi connectivity index (χ0) is 23.0. The smallest absolute Gasteiger partial charge is 0.219 e. The lowest BCUT2D eigenvalue weighted by molar-refractivity contribution is -0.117. The van der Waals surface area contributed by atoms with Crippen molar-refractivity contribution in [1.29, 1.82) is 0 Å². The summed E-state index contributed by atoms with van der Waals surface area (Å²) in [4.78, 5) is 17.5. The molecule has 3 rings (SSSR count). The Morgan fingerprint density at radius 3 is 2.39 bits per heavy atom. The normalized spacial score (nSPS) is 12.0. The van der Waals surface area contributed by atoms with Crippen molar-refractivity contribution in [2.45, 2.75) is 51.7 Å². The number of Topliss-reactive ketones (excluding diaryl/α,β-unsaturated/α-hetero) is 1. The molecule has 0 aliphatic heterocycles. The first-order valence-electron chi connectivity index (χ1n) is 9.90. The van der Waals surface area contributed by atoms with Crippen LogP contribution in [0.4, 0.5) is 4.39 Å². The van der Waals surface area contributed by atoms with Crippen molar-refractivity contribution in [1.82, 2.24) is 4.98 Å². The molecule has 2 heterocycles. The van der Waals surface area contributed by atoms with E-state index in [-0.39, 0.29) is 22.3 Å². The Labute approximate surface area is 192 Å². The van der Waals surface area contributed by atoms with Crippen LogP contribution in [0, 0.1) is 12.7 Å². The molecule has 0 saturated carbocycles. The number of rotatable bonds is 6. The summed E-state index contributed by atoms with van der Waals surface area (Å²) in [5.41, 5.74) is 1.87. The van der Waals surface area contributed by atoms with Gasteiger partial charge in [-0.25, -0.2) is 9.37 Å². The van der Waals surface area contributed by atoms with Crippen LogP contribution in [-0.4, -0.2) is 15.5 Å². The minimum atomic E-state index is -0.316. The number of aryl methyl sites for hydroxylation is 1. The molecule has 7 heteroatoms. The molecule has 0 amide bonds. The quantitative estimate of drug-likeness (QED) is 0.406. The molecule has 1 atom stereocenters. The van der Waals surface area contributed by atoms with Crippen LogP contribution in [0.25, 0.3) is 0 Å². The molecule has 0 saturated heterocycles. The van der Waals surface area contributed by atoms with Crippen molar-refractivity contribution in [2.24, 2.45) is 5.14 Å². The number of nitrogens with two attached hydrogens (primary N) is 1. The molecule has 0 bridgehead atoms. The van der Waals surface area contributed by atoms with Gasteiger partial charge in [-0.05, 0) is 82.0 Å². The summed E-state index contributed by atoms with van der Waals surface area (Å²) in [6.07, 6.45) is 0.392. The van der Waals surface area contributed by atoms with Crippen LogP contribution in [-0.2, 0) is 4.79 Å². The molecule has 0 spiro atoms. The molecule has 2 aromatic heterocycles. The van der Waals surface area contributed by atoms with E-state index in [9.17, 15) is 9.18 Å². The summed E-state index contributed by atoms with van der Waals surface area (Å²) in [5.74, 6) is 0.633. The van der Waals surface area contributed by atoms with Crippen LogP contribution < -0.4 is 9.88 Å². The zero-order valence-electron chi connectivity index (χ0n) is 18.5. The first-order chi connectivity index (χ1) is 14.6. The Kier molecular flexibility index (Phi) is 9.22. The molecule has 1 unspecified atom stereocenters. The molecule has 3 aromatic rings. The van der Waals surface area contributed by atoms with E-state index in [1.807, 2.05) is 19.1 Å². The van der Waals surface area contributed by atoms with E-state index in [4.69, 9.17) is 9.88 Å². The number of hydrogen-bond donors (Lipinski definition) is 1. The largest absolute Gasteiger partial charge is 0.439 e. The fourth-order valence-electron chi connectivity index (χ4n) is 2.63. The van der Waals surface area contributed by atoms with Gasteiger partial charge in [-0.1, -0.05) is 18.0 Å². The van der Waals surface area contributed by atoms with Crippen molar-refractivity contribution < 1.29 is 13.9 Å². The molecule has 0 aliphatic carbocycles. The van der Waals surface area contributed by atoms with E-state index < -0.39 is 0 Å². The van der Waals surface area contributed by atoms with E-state index in [0.29, 0.717) is 18.1 Å². The third-order valence-corrected chi connectivity index (χ3v) is 5.72. The topological polar surface area (TPSA) is 65.2 Å². The maximum absolute atomic E-state index is 13.0. The summed E-state index contributed by atoms with van der Waals surface area (Å²) in [7, 11) is 0. The van der Waals surface area contributed by atoms with Gasteiger partial charge in [0.1, 0.15) is 17.3 Å². The van der Waals surface area contributed by atoms with Crippen molar-refractivity contribution in [3.8, 4) is 11.6 Å². The van der Waals surface area contributed by atoms with Gasteiger partial charge in [0.15, 0.2) is 0 Å². The fourth-order valence-corrected chi connectivity index (χ4v) is 3.39. The van der Waals surface area contributed by atoms with Gasteiger partial charge in [-0.2, -0.15) is 0 Å². The molecule has 166 valence electrons. The van der Waals surface area contributed by atoms with Crippen LogP contribution in [0.5, 0.6) is 11.6 Å². The third-order valence-electron chi connectivity index (χ3n) is 4.14. The predicted molar refractivity (Wildman–Crippen MR) is 128 cm³/mol. The Balaban J connectivity index is 0.000000501. The number of carbonyl (C=O) groups is 1.